The average molecular weight is 467 g/mol. The second-order valence-corrected chi connectivity index (χ2v) is 8.35. The molecule has 0 bridgehead atoms. The maximum atomic E-state index is 12.5. The van der Waals surface area contributed by atoms with Crippen molar-refractivity contribution in [2.24, 2.45) is 5.92 Å². The molecule has 0 radical (unpaired) electrons. The van der Waals surface area contributed by atoms with Gasteiger partial charge in [-0.25, -0.2) is 15.0 Å². The fourth-order valence-corrected chi connectivity index (χ4v) is 3.99. The van der Waals surface area contributed by atoms with E-state index in [0.29, 0.717) is 29.8 Å². The van der Waals surface area contributed by atoms with Crippen molar-refractivity contribution in [2.75, 3.05) is 29.2 Å². The second-order valence-electron chi connectivity index (χ2n) is 8.35. The van der Waals surface area contributed by atoms with E-state index >= 15 is 0 Å². The van der Waals surface area contributed by atoms with Gasteiger partial charge in [0.15, 0.2) is 11.6 Å². The maximum Gasteiger partial charge on any atom is 0.451 e. The summed E-state index contributed by atoms with van der Waals surface area (Å²) in [5.74, 6) is -0.173. The molecule has 0 unspecified atom stereocenters. The number of amides is 1. The van der Waals surface area contributed by atoms with Crippen molar-refractivity contribution in [1.82, 2.24) is 19.9 Å². The third kappa shape index (κ3) is 4.77. The van der Waals surface area contributed by atoms with Crippen LogP contribution in [0, 0.1) is 12.8 Å². The summed E-state index contributed by atoms with van der Waals surface area (Å²) in [4.78, 5) is 29.4. The molecule has 0 aromatic carbocycles. The Balaban J connectivity index is 1.32. The Kier molecular flexibility index (Phi) is 5.99. The lowest BCUT2D eigenvalue weighted by Gasteiger charge is -2.37. The number of aliphatic hydroxyl groups is 1. The Bertz CT molecular complexity index is 1030. The monoisotopic (exact) mass is 467 g/mol. The van der Waals surface area contributed by atoms with Gasteiger partial charge in [-0.2, -0.15) is 18.2 Å². The first-order chi connectivity index (χ1) is 15.5. The van der Waals surface area contributed by atoms with E-state index in [2.05, 4.69) is 30.6 Å². The van der Waals surface area contributed by atoms with E-state index < -0.39 is 24.1 Å². The number of alkyl halides is 3. The van der Waals surface area contributed by atoms with Crippen molar-refractivity contribution in [3.8, 4) is 5.75 Å². The van der Waals surface area contributed by atoms with Gasteiger partial charge in [0, 0.05) is 13.1 Å². The molecule has 1 aliphatic heterocycles. The van der Waals surface area contributed by atoms with Crippen LogP contribution in [-0.4, -0.2) is 62.8 Å². The van der Waals surface area contributed by atoms with Crippen molar-refractivity contribution in [3.05, 3.63) is 23.9 Å². The number of fused-ring (bicyclic) bond motifs is 1. The van der Waals surface area contributed by atoms with Gasteiger partial charge in [-0.05, 0) is 32.6 Å². The van der Waals surface area contributed by atoms with E-state index in [9.17, 15) is 23.1 Å². The summed E-state index contributed by atoms with van der Waals surface area (Å²) in [7, 11) is 1.70. The van der Waals surface area contributed by atoms with Crippen LogP contribution in [0.4, 0.5) is 30.6 Å². The van der Waals surface area contributed by atoms with Crippen molar-refractivity contribution >= 4 is 23.4 Å². The van der Waals surface area contributed by atoms with E-state index in [1.54, 1.807) is 25.8 Å². The molecule has 1 aliphatic carbocycles. The zero-order valence-corrected chi connectivity index (χ0v) is 18.2. The van der Waals surface area contributed by atoms with Crippen LogP contribution in [0.15, 0.2) is 12.4 Å². The Hall–Kier alpha value is -3.22. The van der Waals surface area contributed by atoms with Crippen LogP contribution in [-0.2, 0) is 11.0 Å². The lowest BCUT2D eigenvalue weighted by Crippen LogP contribution is -2.52. The van der Waals surface area contributed by atoms with Crippen LogP contribution in [0.5, 0.6) is 5.75 Å². The zero-order valence-electron chi connectivity index (χ0n) is 18.2. The number of rotatable bonds is 6. The molecule has 10 nitrogen and oxygen atoms in total. The molecule has 2 aliphatic rings. The van der Waals surface area contributed by atoms with E-state index in [1.165, 1.54) is 0 Å². The number of ether oxygens (including phenoxy) is 1. The van der Waals surface area contributed by atoms with Crippen LogP contribution in [0.2, 0.25) is 0 Å². The number of hydrogen-bond donors (Lipinski definition) is 3. The quantitative estimate of drug-likeness (QED) is 0.585. The fourth-order valence-electron chi connectivity index (χ4n) is 3.99. The number of carbonyl (C=O) groups excluding carboxylic acids is 1. The molecule has 1 fully saturated rings. The van der Waals surface area contributed by atoms with Gasteiger partial charge >= 0.3 is 6.18 Å². The number of aromatic nitrogens is 4. The third-order valence-electron chi connectivity index (χ3n) is 5.73. The molecule has 0 spiro atoms. The van der Waals surface area contributed by atoms with Crippen molar-refractivity contribution in [3.63, 3.8) is 0 Å². The molecule has 2 aromatic heterocycles. The van der Waals surface area contributed by atoms with E-state index in [-0.39, 0.29) is 23.6 Å². The van der Waals surface area contributed by atoms with E-state index in [1.807, 2.05) is 0 Å². The number of nitrogens with zero attached hydrogens (tertiary/aromatic N) is 5. The van der Waals surface area contributed by atoms with Gasteiger partial charge in [-0.1, -0.05) is 0 Å². The fraction of sp³-hybridized carbons (Fsp3) is 0.550. The zero-order chi connectivity index (χ0) is 23.9. The molecule has 1 amide bonds. The molecule has 3 heterocycles. The van der Waals surface area contributed by atoms with Crippen molar-refractivity contribution in [2.45, 2.75) is 51.1 Å². The summed E-state index contributed by atoms with van der Waals surface area (Å²) in [5.41, 5.74) is 1.12. The van der Waals surface area contributed by atoms with Gasteiger partial charge < -0.3 is 25.4 Å². The van der Waals surface area contributed by atoms with Gasteiger partial charge in [0.1, 0.15) is 11.7 Å². The van der Waals surface area contributed by atoms with E-state index in [0.717, 1.165) is 25.2 Å². The number of aliphatic hydroxyl groups excluding tert-OH is 1. The maximum absolute atomic E-state index is 12.5. The van der Waals surface area contributed by atoms with Crippen LogP contribution in [0.1, 0.15) is 31.3 Å². The minimum Gasteiger partial charge on any atom is -0.490 e. The van der Waals surface area contributed by atoms with Crippen molar-refractivity contribution < 1.29 is 27.8 Å². The SMILES string of the molecule is Cc1nc(NC2CC(COc3cnc(C(F)(F)F)nc3)C2)nc2c1NC(=O)[C@H]([C@H](C)O)N2C. The molecule has 2 aromatic rings. The highest BCUT2D eigenvalue weighted by Crippen LogP contribution is 2.35. The minimum atomic E-state index is -4.58. The number of nitrogens with one attached hydrogen (secondary N) is 2. The van der Waals surface area contributed by atoms with Crippen LogP contribution in [0.25, 0.3) is 0 Å². The lowest BCUT2D eigenvalue weighted by atomic mass is 9.81. The van der Waals surface area contributed by atoms with Gasteiger partial charge in [0.25, 0.3) is 0 Å². The molecule has 178 valence electrons. The predicted octanol–water partition coefficient (Wildman–Crippen LogP) is 2.00. The largest absolute Gasteiger partial charge is 0.490 e. The first kappa shape index (κ1) is 23.0. The average Bonchev–Trinajstić information content (AvgIpc) is 2.70. The number of carbonyl (C=O) groups is 1. The second kappa shape index (κ2) is 8.61. The Morgan fingerprint density at radius 2 is 1.97 bits per heavy atom. The summed E-state index contributed by atoms with van der Waals surface area (Å²) in [6.07, 6.45) is -1.89. The first-order valence-corrected chi connectivity index (χ1v) is 10.4. The van der Waals surface area contributed by atoms with Gasteiger partial charge in [0.05, 0.1) is 30.8 Å². The highest BCUT2D eigenvalue weighted by atomic mass is 19.4. The first-order valence-electron chi connectivity index (χ1n) is 10.4. The summed E-state index contributed by atoms with van der Waals surface area (Å²) in [6.45, 7) is 3.65. The topological polar surface area (TPSA) is 125 Å². The smallest absolute Gasteiger partial charge is 0.451 e. The van der Waals surface area contributed by atoms with Crippen LogP contribution < -0.4 is 20.3 Å². The molecule has 3 N–H and O–H groups in total. The summed E-state index contributed by atoms with van der Waals surface area (Å²) >= 11 is 0. The van der Waals surface area contributed by atoms with Crippen molar-refractivity contribution in [1.29, 1.82) is 0 Å². The lowest BCUT2D eigenvalue weighted by molar-refractivity contribution is -0.145. The van der Waals surface area contributed by atoms with Crippen LogP contribution >= 0.6 is 0 Å². The Morgan fingerprint density at radius 3 is 2.58 bits per heavy atom. The Morgan fingerprint density at radius 1 is 1.30 bits per heavy atom. The summed E-state index contributed by atoms with van der Waals surface area (Å²) < 4.78 is 43.1. The third-order valence-corrected chi connectivity index (χ3v) is 5.73. The van der Waals surface area contributed by atoms with Gasteiger partial charge in [0.2, 0.25) is 17.7 Å². The molecule has 33 heavy (non-hydrogen) atoms. The Labute approximate surface area is 187 Å². The van der Waals surface area contributed by atoms with E-state index in [4.69, 9.17) is 4.74 Å². The molecule has 13 heteroatoms. The predicted molar refractivity (Wildman–Crippen MR) is 112 cm³/mol. The highest BCUT2D eigenvalue weighted by molar-refractivity contribution is 6.03. The molecule has 4 rings (SSSR count). The molecule has 0 saturated heterocycles. The summed E-state index contributed by atoms with van der Waals surface area (Å²) in [5, 5.41) is 16.0. The number of hydrogen-bond acceptors (Lipinski definition) is 9. The standard InChI is InChI=1S/C20H24F3N7O3/c1-9-14-16(30(3)15(10(2)31)17(32)28-14)29-19(26-9)27-12-4-11(5-12)8-33-13-6-24-18(25-7-13)20(21,22)23/h6-7,10-12,15,31H,4-5,8H2,1-3H3,(H,28,32)(H,26,27,29)/t10-,11?,12?,15-/m0/s1. The molecule has 1 saturated carbocycles. The number of aryl methyl sites for hydroxylation is 1. The normalized spacial score (nSPS) is 23.3. The number of likely N-dealkylation sites (N-methyl/N-ethyl adjacent to an activating group) is 1. The highest BCUT2D eigenvalue weighted by Gasteiger charge is 2.37. The number of halogens is 3. The molecular formula is C20H24F3N7O3. The summed E-state index contributed by atoms with van der Waals surface area (Å²) in [6, 6.07) is -0.644. The molecular weight excluding hydrogens is 443 g/mol. The minimum absolute atomic E-state index is 0.107. The van der Waals surface area contributed by atoms with Crippen LogP contribution in [0.3, 0.4) is 0 Å². The van der Waals surface area contributed by atoms with Gasteiger partial charge in [-0.15, -0.1) is 0 Å². The van der Waals surface area contributed by atoms with Gasteiger partial charge in [-0.3, -0.25) is 4.79 Å². The molecule has 2 atom stereocenters. The number of anilines is 3.